The molecule has 0 unspecified atom stereocenters. The highest BCUT2D eigenvalue weighted by atomic mass is 79.9. The summed E-state index contributed by atoms with van der Waals surface area (Å²) in [6, 6.07) is 11.1. The van der Waals surface area contributed by atoms with Crippen molar-refractivity contribution in [1.29, 1.82) is 0 Å². The van der Waals surface area contributed by atoms with Crippen molar-refractivity contribution in [2.45, 2.75) is 13.0 Å². The van der Waals surface area contributed by atoms with Crippen LogP contribution in [0.25, 0.3) is 0 Å². The van der Waals surface area contributed by atoms with Crippen LogP contribution in [0.2, 0.25) is 0 Å². The Morgan fingerprint density at radius 1 is 1.26 bits per heavy atom. The van der Waals surface area contributed by atoms with Gasteiger partial charge in [0.05, 0.1) is 4.92 Å². The van der Waals surface area contributed by atoms with E-state index in [1.54, 1.807) is 6.07 Å². The van der Waals surface area contributed by atoms with E-state index in [0.29, 0.717) is 5.82 Å². The number of nitrogens with zero attached hydrogens (tertiary/aromatic N) is 2. The third kappa shape index (κ3) is 3.51. The van der Waals surface area contributed by atoms with Crippen molar-refractivity contribution >= 4 is 27.4 Å². The van der Waals surface area contributed by atoms with Crippen molar-refractivity contribution in [3.05, 3.63) is 62.7 Å². The highest BCUT2D eigenvalue weighted by molar-refractivity contribution is 9.10. The average molecular weight is 322 g/mol. The van der Waals surface area contributed by atoms with E-state index < -0.39 is 4.92 Å². The minimum atomic E-state index is -0.463. The summed E-state index contributed by atoms with van der Waals surface area (Å²) in [5, 5.41) is 13.7. The van der Waals surface area contributed by atoms with Crippen molar-refractivity contribution in [3.8, 4) is 0 Å². The van der Waals surface area contributed by atoms with Gasteiger partial charge in [0.15, 0.2) is 0 Å². The molecule has 2 aromatic rings. The van der Waals surface area contributed by atoms with Gasteiger partial charge >= 0.3 is 0 Å². The number of halogens is 1. The van der Waals surface area contributed by atoms with E-state index in [0.717, 1.165) is 10.0 Å². The van der Waals surface area contributed by atoms with E-state index >= 15 is 0 Å². The molecule has 2 rings (SSSR count). The molecule has 0 amide bonds. The second kappa shape index (κ2) is 5.79. The van der Waals surface area contributed by atoms with Gasteiger partial charge in [-0.2, -0.15) is 0 Å². The molecule has 0 saturated heterocycles. The van der Waals surface area contributed by atoms with Crippen LogP contribution in [0.5, 0.6) is 0 Å². The number of nitrogens with one attached hydrogen (secondary N) is 1. The fourth-order valence-electron chi connectivity index (χ4n) is 1.64. The van der Waals surface area contributed by atoms with Crippen molar-refractivity contribution in [1.82, 2.24) is 4.98 Å². The van der Waals surface area contributed by atoms with Crippen molar-refractivity contribution in [2.24, 2.45) is 0 Å². The number of pyridine rings is 1. The molecule has 19 heavy (non-hydrogen) atoms. The highest BCUT2D eigenvalue weighted by Gasteiger charge is 2.08. The van der Waals surface area contributed by atoms with Crippen molar-refractivity contribution in [3.63, 3.8) is 0 Å². The first kappa shape index (κ1) is 13.5. The predicted octanol–water partition coefficient (Wildman–Crippen LogP) is 3.93. The summed E-state index contributed by atoms with van der Waals surface area (Å²) in [5.74, 6) is 0.612. The molecule has 1 aromatic heterocycles. The standard InChI is InChI=1S/C13H12BrN3O2/c1-9(10-2-4-11(14)5-3-10)16-13-7-6-12(8-15-13)17(18)19/h2-9H,1H3,(H,15,16)/t9-/m1/s1. The van der Waals surface area contributed by atoms with Crippen molar-refractivity contribution < 1.29 is 4.92 Å². The molecule has 6 heteroatoms. The second-order valence-corrected chi connectivity index (χ2v) is 4.99. The van der Waals surface area contributed by atoms with Crippen LogP contribution in [-0.4, -0.2) is 9.91 Å². The van der Waals surface area contributed by atoms with Crippen LogP contribution in [0.3, 0.4) is 0 Å². The van der Waals surface area contributed by atoms with Gasteiger partial charge in [0, 0.05) is 16.6 Å². The number of hydrogen-bond acceptors (Lipinski definition) is 4. The SMILES string of the molecule is C[C@@H](Nc1ccc([N+](=O)[O-])cn1)c1ccc(Br)cc1. The van der Waals surface area contributed by atoms with Crippen LogP contribution in [0.1, 0.15) is 18.5 Å². The first-order valence-electron chi connectivity index (χ1n) is 5.68. The molecular weight excluding hydrogens is 310 g/mol. The fourth-order valence-corrected chi connectivity index (χ4v) is 1.90. The molecule has 0 radical (unpaired) electrons. The summed E-state index contributed by atoms with van der Waals surface area (Å²) in [6.07, 6.45) is 1.25. The highest BCUT2D eigenvalue weighted by Crippen LogP contribution is 2.21. The third-order valence-electron chi connectivity index (χ3n) is 2.69. The zero-order valence-electron chi connectivity index (χ0n) is 10.2. The van der Waals surface area contributed by atoms with E-state index in [2.05, 4.69) is 26.2 Å². The molecule has 0 saturated carbocycles. The molecule has 5 nitrogen and oxygen atoms in total. The van der Waals surface area contributed by atoms with Crippen LogP contribution in [0, 0.1) is 10.1 Å². The predicted molar refractivity (Wildman–Crippen MR) is 77.1 cm³/mol. The molecular formula is C13H12BrN3O2. The van der Waals surface area contributed by atoms with Gasteiger partial charge in [-0.25, -0.2) is 4.98 Å². The van der Waals surface area contributed by atoms with Gasteiger partial charge in [0.25, 0.3) is 5.69 Å². The van der Waals surface area contributed by atoms with Gasteiger partial charge < -0.3 is 5.32 Å². The maximum absolute atomic E-state index is 10.5. The van der Waals surface area contributed by atoms with Crippen LogP contribution in [0.15, 0.2) is 47.1 Å². The Morgan fingerprint density at radius 2 is 1.95 bits per heavy atom. The maximum atomic E-state index is 10.5. The summed E-state index contributed by atoms with van der Waals surface area (Å²) >= 11 is 3.39. The molecule has 1 aromatic carbocycles. The summed E-state index contributed by atoms with van der Waals surface area (Å²) in [7, 11) is 0. The lowest BCUT2D eigenvalue weighted by Gasteiger charge is -2.14. The first-order valence-corrected chi connectivity index (χ1v) is 6.48. The summed E-state index contributed by atoms with van der Waals surface area (Å²) in [4.78, 5) is 14.1. The van der Waals surface area contributed by atoms with Gasteiger partial charge in [-0.05, 0) is 30.7 Å². The lowest BCUT2D eigenvalue weighted by molar-refractivity contribution is -0.385. The number of nitro groups is 1. The van der Waals surface area contributed by atoms with E-state index in [-0.39, 0.29) is 11.7 Å². The molecule has 0 bridgehead atoms. The topological polar surface area (TPSA) is 68.1 Å². The molecule has 0 aliphatic carbocycles. The number of anilines is 1. The van der Waals surface area contributed by atoms with Gasteiger partial charge in [-0.15, -0.1) is 0 Å². The summed E-state index contributed by atoms with van der Waals surface area (Å²) in [5.41, 5.74) is 1.10. The van der Waals surface area contributed by atoms with Crippen LogP contribution in [0.4, 0.5) is 11.5 Å². The van der Waals surface area contributed by atoms with Gasteiger partial charge in [-0.3, -0.25) is 10.1 Å². The van der Waals surface area contributed by atoms with Gasteiger partial charge in [0.1, 0.15) is 12.0 Å². The minimum Gasteiger partial charge on any atom is -0.364 e. The molecule has 0 aliphatic heterocycles. The Balaban J connectivity index is 2.08. The largest absolute Gasteiger partial charge is 0.364 e. The number of hydrogen-bond donors (Lipinski definition) is 1. The Morgan fingerprint density at radius 3 is 2.47 bits per heavy atom. The molecule has 1 N–H and O–H groups in total. The van der Waals surface area contributed by atoms with Gasteiger partial charge in [0.2, 0.25) is 0 Å². The third-order valence-corrected chi connectivity index (χ3v) is 3.22. The Hall–Kier alpha value is -1.95. The molecule has 0 fully saturated rings. The molecule has 98 valence electrons. The zero-order chi connectivity index (χ0) is 13.8. The lowest BCUT2D eigenvalue weighted by Crippen LogP contribution is -2.07. The normalized spacial score (nSPS) is 11.9. The zero-order valence-corrected chi connectivity index (χ0v) is 11.8. The molecule has 0 aliphatic rings. The van der Waals surface area contributed by atoms with Crippen LogP contribution >= 0.6 is 15.9 Å². The van der Waals surface area contributed by atoms with E-state index in [1.165, 1.54) is 12.3 Å². The van der Waals surface area contributed by atoms with E-state index in [4.69, 9.17) is 0 Å². The van der Waals surface area contributed by atoms with Gasteiger partial charge in [-0.1, -0.05) is 28.1 Å². The lowest BCUT2D eigenvalue weighted by atomic mass is 10.1. The smallest absolute Gasteiger partial charge is 0.287 e. The second-order valence-electron chi connectivity index (χ2n) is 4.08. The van der Waals surface area contributed by atoms with Crippen LogP contribution in [-0.2, 0) is 0 Å². The number of rotatable bonds is 4. The monoisotopic (exact) mass is 321 g/mol. The summed E-state index contributed by atoms with van der Waals surface area (Å²) < 4.78 is 1.02. The fraction of sp³-hybridized carbons (Fsp3) is 0.154. The minimum absolute atomic E-state index is 0.0122. The Kier molecular flexibility index (Phi) is 4.11. The number of aromatic nitrogens is 1. The first-order chi connectivity index (χ1) is 9.06. The number of benzene rings is 1. The van der Waals surface area contributed by atoms with Crippen molar-refractivity contribution in [2.75, 3.05) is 5.32 Å². The van der Waals surface area contributed by atoms with E-state index in [1.807, 2.05) is 31.2 Å². The Bertz CT molecular complexity index is 569. The van der Waals surface area contributed by atoms with E-state index in [9.17, 15) is 10.1 Å². The average Bonchev–Trinajstić information content (AvgIpc) is 2.40. The molecule has 1 atom stereocenters. The quantitative estimate of drug-likeness (QED) is 0.684. The summed E-state index contributed by atoms with van der Waals surface area (Å²) in [6.45, 7) is 2.01. The maximum Gasteiger partial charge on any atom is 0.287 e. The van der Waals surface area contributed by atoms with Crippen LogP contribution < -0.4 is 5.32 Å². The molecule has 1 heterocycles. The Labute approximate surface area is 119 Å². The molecule has 0 spiro atoms.